The van der Waals surface area contributed by atoms with Crippen molar-refractivity contribution >= 4 is 16.9 Å². The summed E-state index contributed by atoms with van der Waals surface area (Å²) >= 11 is 0. The second kappa shape index (κ2) is 13.2. The minimum Gasteiger partial charge on any atom is -0.497 e. The lowest BCUT2D eigenvalue weighted by atomic mass is 9.90. The van der Waals surface area contributed by atoms with Crippen molar-refractivity contribution in [1.29, 1.82) is 0 Å². The fourth-order valence-electron chi connectivity index (χ4n) is 5.31. The molecule has 1 N–H and O–H groups in total. The molecule has 0 radical (unpaired) electrons. The van der Waals surface area contributed by atoms with Gasteiger partial charge in [0.25, 0.3) is 0 Å². The third-order valence-electron chi connectivity index (χ3n) is 7.39. The maximum absolute atomic E-state index is 11.2. The summed E-state index contributed by atoms with van der Waals surface area (Å²) in [6.07, 6.45) is 0.700. The van der Waals surface area contributed by atoms with Gasteiger partial charge in [-0.1, -0.05) is 72.8 Å². The highest BCUT2D eigenvalue weighted by Gasteiger charge is 2.20. The van der Waals surface area contributed by atoms with Crippen LogP contribution in [0.2, 0.25) is 0 Å². The van der Waals surface area contributed by atoms with Crippen LogP contribution in [0.15, 0.2) is 108 Å². The minimum absolute atomic E-state index is 0.00567. The smallest absolute Gasteiger partial charge is 0.307 e. The first-order valence-electron chi connectivity index (χ1n) is 13.8. The molecule has 0 spiro atoms. The summed E-state index contributed by atoms with van der Waals surface area (Å²) in [5.41, 5.74) is 5.14. The number of hydrogen-bond donors (Lipinski definition) is 1. The first kappa shape index (κ1) is 28.0. The molecule has 1 heterocycles. The van der Waals surface area contributed by atoms with E-state index in [0.717, 1.165) is 52.4 Å². The maximum Gasteiger partial charge on any atom is 0.307 e. The fourth-order valence-corrected chi connectivity index (χ4v) is 5.31. The van der Waals surface area contributed by atoms with E-state index in [-0.39, 0.29) is 12.3 Å². The number of benzene rings is 4. The van der Waals surface area contributed by atoms with Gasteiger partial charge in [0.1, 0.15) is 22.8 Å². The van der Waals surface area contributed by atoms with E-state index in [1.54, 1.807) is 14.2 Å². The molecule has 0 saturated carbocycles. The molecule has 5 rings (SSSR count). The van der Waals surface area contributed by atoms with Crippen LogP contribution in [0.25, 0.3) is 11.0 Å². The van der Waals surface area contributed by atoms with E-state index in [4.69, 9.17) is 19.0 Å². The van der Waals surface area contributed by atoms with Gasteiger partial charge in [0.15, 0.2) is 0 Å². The Morgan fingerprint density at radius 1 is 0.854 bits per heavy atom. The Bertz CT molecular complexity index is 1540. The minimum atomic E-state index is -0.843. The zero-order valence-electron chi connectivity index (χ0n) is 23.5. The number of methoxy groups -OCH3 is 2. The second-order valence-corrected chi connectivity index (χ2v) is 10.2. The van der Waals surface area contributed by atoms with Crippen LogP contribution < -0.4 is 9.47 Å². The molecule has 0 saturated heterocycles. The lowest BCUT2D eigenvalue weighted by molar-refractivity contribution is -0.136. The molecule has 0 fully saturated rings. The quantitative estimate of drug-likeness (QED) is 0.171. The van der Waals surface area contributed by atoms with Crippen LogP contribution in [0, 0.1) is 0 Å². The van der Waals surface area contributed by atoms with Crippen molar-refractivity contribution < 1.29 is 23.8 Å². The summed E-state index contributed by atoms with van der Waals surface area (Å²) in [6, 6.07) is 34.8. The first-order valence-corrected chi connectivity index (χ1v) is 13.8. The Labute approximate surface area is 240 Å². The number of furan rings is 1. The van der Waals surface area contributed by atoms with E-state index in [1.165, 1.54) is 11.1 Å². The number of carbonyl (C=O) groups is 1. The highest BCUT2D eigenvalue weighted by Crippen LogP contribution is 2.30. The molecule has 0 amide bonds. The summed E-state index contributed by atoms with van der Waals surface area (Å²) in [6.45, 7) is 2.24. The summed E-state index contributed by atoms with van der Waals surface area (Å²) in [4.78, 5) is 13.6. The van der Waals surface area contributed by atoms with Gasteiger partial charge in [0.2, 0.25) is 0 Å². The molecule has 0 aliphatic heterocycles. The number of rotatable bonds is 13. The summed E-state index contributed by atoms with van der Waals surface area (Å²) < 4.78 is 17.3. The van der Waals surface area contributed by atoms with Gasteiger partial charge in [0, 0.05) is 49.0 Å². The van der Waals surface area contributed by atoms with Crippen molar-refractivity contribution in [3.05, 3.63) is 131 Å². The zero-order valence-corrected chi connectivity index (χ0v) is 23.5. The molecule has 210 valence electrons. The Morgan fingerprint density at radius 2 is 1.56 bits per heavy atom. The molecule has 0 aliphatic carbocycles. The van der Waals surface area contributed by atoms with Crippen molar-refractivity contribution in [2.24, 2.45) is 0 Å². The monoisotopic (exact) mass is 549 g/mol. The molecule has 5 aromatic rings. The number of fused-ring (bicyclic) bond motifs is 1. The lowest BCUT2D eigenvalue weighted by Crippen LogP contribution is -2.31. The van der Waals surface area contributed by atoms with E-state index in [9.17, 15) is 4.79 Å². The summed E-state index contributed by atoms with van der Waals surface area (Å²) in [5, 5.41) is 10.1. The van der Waals surface area contributed by atoms with Crippen LogP contribution in [0.5, 0.6) is 11.5 Å². The van der Waals surface area contributed by atoms with Crippen molar-refractivity contribution in [3.63, 3.8) is 0 Å². The molecule has 0 aliphatic rings. The molecule has 4 aromatic carbocycles. The van der Waals surface area contributed by atoms with E-state index in [2.05, 4.69) is 71.6 Å². The van der Waals surface area contributed by atoms with Gasteiger partial charge in [0.05, 0.1) is 20.6 Å². The Hall–Kier alpha value is -4.55. The molecule has 41 heavy (non-hydrogen) atoms. The van der Waals surface area contributed by atoms with E-state index < -0.39 is 5.97 Å². The molecule has 6 heteroatoms. The number of nitrogens with zero attached hydrogens (tertiary/aromatic N) is 1. The highest BCUT2D eigenvalue weighted by molar-refractivity contribution is 5.80. The zero-order chi connectivity index (χ0) is 28.6. The average Bonchev–Trinajstić information content (AvgIpc) is 3.41. The SMILES string of the molecule is COc1ccc(CN(CCc2cc3cc(CC(=O)O)ccc3o2)CC(c2ccccc2)c2ccccc2)c(OC)c1. The number of aliphatic carboxylic acids is 1. The first-order chi connectivity index (χ1) is 20.0. The van der Waals surface area contributed by atoms with E-state index in [1.807, 2.05) is 36.4 Å². The third-order valence-corrected chi connectivity index (χ3v) is 7.39. The lowest BCUT2D eigenvalue weighted by Gasteiger charge is -2.29. The third kappa shape index (κ3) is 7.16. The van der Waals surface area contributed by atoms with Crippen molar-refractivity contribution in [3.8, 4) is 11.5 Å². The molecule has 6 nitrogen and oxygen atoms in total. The predicted molar refractivity (Wildman–Crippen MR) is 161 cm³/mol. The van der Waals surface area contributed by atoms with Crippen molar-refractivity contribution in [1.82, 2.24) is 4.90 Å². The van der Waals surface area contributed by atoms with Gasteiger partial charge in [-0.25, -0.2) is 0 Å². The van der Waals surface area contributed by atoms with Gasteiger partial charge in [-0.3, -0.25) is 9.69 Å². The predicted octanol–water partition coefficient (Wildman–Crippen LogP) is 6.95. The largest absolute Gasteiger partial charge is 0.497 e. The number of ether oxygens (including phenoxy) is 2. The Kier molecular flexibility index (Phi) is 9.02. The molecule has 0 unspecified atom stereocenters. The highest BCUT2D eigenvalue weighted by atomic mass is 16.5. The fraction of sp³-hybridized carbons (Fsp3) is 0.229. The Morgan fingerprint density at radius 3 is 2.20 bits per heavy atom. The van der Waals surface area contributed by atoms with Gasteiger partial charge < -0.3 is 19.0 Å². The molecular formula is C35H35NO5. The molecule has 1 aromatic heterocycles. The number of carboxylic acid groups (broad SMARTS) is 1. The molecule has 0 atom stereocenters. The van der Waals surface area contributed by atoms with E-state index >= 15 is 0 Å². The van der Waals surface area contributed by atoms with Gasteiger partial charge in [-0.15, -0.1) is 0 Å². The van der Waals surface area contributed by atoms with Crippen LogP contribution in [0.4, 0.5) is 0 Å². The normalized spacial score (nSPS) is 11.3. The average molecular weight is 550 g/mol. The van der Waals surface area contributed by atoms with Crippen LogP contribution >= 0.6 is 0 Å². The maximum atomic E-state index is 11.2. The van der Waals surface area contributed by atoms with Crippen LogP contribution in [0.3, 0.4) is 0 Å². The van der Waals surface area contributed by atoms with E-state index in [0.29, 0.717) is 13.0 Å². The summed E-state index contributed by atoms with van der Waals surface area (Å²) in [7, 11) is 3.34. The van der Waals surface area contributed by atoms with Crippen LogP contribution in [0.1, 0.15) is 33.9 Å². The van der Waals surface area contributed by atoms with Crippen LogP contribution in [-0.2, 0) is 24.2 Å². The number of carboxylic acids is 1. The topological polar surface area (TPSA) is 72.1 Å². The van der Waals surface area contributed by atoms with Gasteiger partial charge >= 0.3 is 5.97 Å². The van der Waals surface area contributed by atoms with Crippen LogP contribution in [-0.4, -0.2) is 43.3 Å². The Balaban J connectivity index is 1.43. The standard InChI is InChI=1S/C35H35NO5/c1-39-30-15-14-28(34(22-30)40-2)23-36(24-32(26-9-5-3-6-10-26)27-11-7-4-8-12-27)18-17-31-21-29-19-25(20-35(37)38)13-16-33(29)41-31/h3-16,19,21-22,32H,17-18,20,23-24H2,1-2H3,(H,37,38). The second-order valence-electron chi connectivity index (χ2n) is 10.2. The van der Waals surface area contributed by atoms with Gasteiger partial charge in [-0.05, 0) is 41.0 Å². The number of hydrogen-bond acceptors (Lipinski definition) is 5. The van der Waals surface area contributed by atoms with Crippen molar-refractivity contribution in [2.45, 2.75) is 25.3 Å². The molecule has 0 bridgehead atoms. The summed E-state index contributed by atoms with van der Waals surface area (Å²) in [5.74, 6) is 1.75. The van der Waals surface area contributed by atoms with Crippen molar-refractivity contribution in [2.75, 3.05) is 27.3 Å². The molecular weight excluding hydrogens is 514 g/mol. The van der Waals surface area contributed by atoms with Gasteiger partial charge in [-0.2, -0.15) is 0 Å².